The van der Waals surface area contributed by atoms with Crippen molar-refractivity contribution in [3.05, 3.63) is 30.5 Å². The number of benzene rings is 1. The molecule has 3 rings (SSSR count). The number of rotatable bonds is 4. The van der Waals surface area contributed by atoms with E-state index in [-0.39, 0.29) is 12.7 Å². The number of nitrogen functional groups attached to an aromatic ring is 1. The maximum atomic E-state index is 8.82. The van der Waals surface area contributed by atoms with Crippen molar-refractivity contribution in [2.45, 2.75) is 18.9 Å². The number of hydrogen-bond acceptors (Lipinski definition) is 5. The molecule has 0 amide bonds. The number of hydrogen-bond donors (Lipinski definition) is 2. The van der Waals surface area contributed by atoms with Gasteiger partial charge in [-0.15, -0.1) is 0 Å². The number of pyridine rings is 1. The molecule has 5 heteroatoms. The molecule has 0 aliphatic carbocycles. The van der Waals surface area contributed by atoms with E-state index in [2.05, 4.69) is 16.0 Å². The van der Waals surface area contributed by atoms with Crippen LogP contribution in [0, 0.1) is 0 Å². The van der Waals surface area contributed by atoms with Crippen LogP contribution in [0.5, 0.6) is 0 Å². The highest BCUT2D eigenvalue weighted by Crippen LogP contribution is 2.29. The monoisotopic (exact) mass is 287 g/mol. The molecule has 1 saturated heterocycles. The third-order valence-electron chi connectivity index (χ3n) is 3.97. The fourth-order valence-electron chi connectivity index (χ4n) is 2.91. The van der Waals surface area contributed by atoms with Crippen LogP contribution in [0.3, 0.4) is 0 Å². The number of piperidine rings is 1. The molecule has 3 N–H and O–H groups in total. The molecule has 0 spiro atoms. The Labute approximate surface area is 124 Å². The zero-order chi connectivity index (χ0) is 14.7. The minimum Gasteiger partial charge on any atom is -0.399 e. The number of aliphatic hydroxyl groups is 1. The highest BCUT2D eigenvalue weighted by molar-refractivity contribution is 5.93. The lowest BCUT2D eigenvalue weighted by molar-refractivity contribution is 0.0159. The van der Waals surface area contributed by atoms with Crippen molar-refractivity contribution < 1.29 is 9.84 Å². The average molecular weight is 287 g/mol. The van der Waals surface area contributed by atoms with Crippen molar-refractivity contribution >= 4 is 22.3 Å². The van der Waals surface area contributed by atoms with Crippen molar-refractivity contribution in [3.8, 4) is 0 Å². The lowest BCUT2D eigenvalue weighted by atomic mass is 10.1. The minimum absolute atomic E-state index is 0.0939. The SMILES string of the molecule is Nc1ccc2c(N3CCC(OCCO)CC3)ccnc2c1. The maximum absolute atomic E-state index is 8.82. The van der Waals surface area contributed by atoms with E-state index in [9.17, 15) is 0 Å². The van der Waals surface area contributed by atoms with E-state index in [1.54, 1.807) is 0 Å². The molecule has 5 nitrogen and oxygen atoms in total. The molecule has 2 aromatic rings. The van der Waals surface area contributed by atoms with Gasteiger partial charge in [0, 0.05) is 36.0 Å². The summed E-state index contributed by atoms with van der Waals surface area (Å²) in [7, 11) is 0. The smallest absolute Gasteiger partial charge is 0.0743 e. The number of anilines is 2. The van der Waals surface area contributed by atoms with Crippen molar-refractivity contribution in [2.24, 2.45) is 0 Å². The van der Waals surface area contributed by atoms with Gasteiger partial charge in [-0.2, -0.15) is 0 Å². The number of fused-ring (bicyclic) bond motifs is 1. The molecule has 0 atom stereocenters. The Hall–Kier alpha value is -1.85. The first-order valence-electron chi connectivity index (χ1n) is 7.39. The van der Waals surface area contributed by atoms with Crippen LogP contribution in [-0.2, 0) is 4.74 Å². The summed E-state index contributed by atoms with van der Waals surface area (Å²) in [6.07, 6.45) is 4.07. The van der Waals surface area contributed by atoms with Crippen molar-refractivity contribution in [1.82, 2.24) is 4.98 Å². The van der Waals surface area contributed by atoms with E-state index in [1.807, 2.05) is 24.4 Å². The van der Waals surface area contributed by atoms with Gasteiger partial charge in [-0.05, 0) is 37.1 Å². The summed E-state index contributed by atoms with van der Waals surface area (Å²) < 4.78 is 5.61. The van der Waals surface area contributed by atoms with E-state index in [0.717, 1.165) is 42.5 Å². The quantitative estimate of drug-likeness (QED) is 0.839. The van der Waals surface area contributed by atoms with Crippen LogP contribution in [-0.4, -0.2) is 42.5 Å². The predicted molar refractivity (Wildman–Crippen MR) is 84.4 cm³/mol. The Bertz CT molecular complexity index is 609. The third-order valence-corrected chi connectivity index (χ3v) is 3.97. The van der Waals surface area contributed by atoms with Gasteiger partial charge >= 0.3 is 0 Å². The van der Waals surface area contributed by atoms with Crippen LogP contribution >= 0.6 is 0 Å². The zero-order valence-corrected chi connectivity index (χ0v) is 12.0. The number of nitrogens with zero attached hydrogens (tertiary/aromatic N) is 2. The topological polar surface area (TPSA) is 71.6 Å². The van der Waals surface area contributed by atoms with Gasteiger partial charge in [0.15, 0.2) is 0 Å². The number of nitrogens with two attached hydrogens (primary N) is 1. The van der Waals surface area contributed by atoms with Gasteiger partial charge < -0.3 is 20.5 Å². The summed E-state index contributed by atoms with van der Waals surface area (Å²) in [5.74, 6) is 0. The van der Waals surface area contributed by atoms with Gasteiger partial charge in [0.2, 0.25) is 0 Å². The Morgan fingerprint density at radius 1 is 1.29 bits per heavy atom. The highest BCUT2D eigenvalue weighted by Gasteiger charge is 2.21. The number of aliphatic hydroxyl groups excluding tert-OH is 1. The lowest BCUT2D eigenvalue weighted by Gasteiger charge is -2.34. The molecule has 0 bridgehead atoms. The van der Waals surface area contributed by atoms with E-state index in [0.29, 0.717) is 6.61 Å². The van der Waals surface area contributed by atoms with Crippen LogP contribution < -0.4 is 10.6 Å². The van der Waals surface area contributed by atoms with Crippen LogP contribution in [0.2, 0.25) is 0 Å². The summed E-state index contributed by atoms with van der Waals surface area (Å²) in [5, 5.41) is 9.96. The fourth-order valence-corrected chi connectivity index (χ4v) is 2.91. The maximum Gasteiger partial charge on any atom is 0.0743 e. The van der Waals surface area contributed by atoms with Gasteiger partial charge in [-0.3, -0.25) is 4.98 Å². The van der Waals surface area contributed by atoms with Gasteiger partial charge in [0.05, 0.1) is 24.8 Å². The standard InChI is InChI=1S/C16H21N3O2/c17-12-1-2-14-15(11-12)18-6-3-16(14)19-7-4-13(5-8-19)21-10-9-20/h1-3,6,11,13,20H,4-5,7-10,17H2. The molecule has 0 radical (unpaired) electrons. The van der Waals surface area contributed by atoms with E-state index in [4.69, 9.17) is 15.6 Å². The second-order valence-corrected chi connectivity index (χ2v) is 5.39. The Morgan fingerprint density at radius 2 is 2.10 bits per heavy atom. The summed E-state index contributed by atoms with van der Waals surface area (Å²) in [4.78, 5) is 6.77. The normalized spacial score (nSPS) is 16.5. The molecule has 1 aromatic heterocycles. The Morgan fingerprint density at radius 3 is 2.86 bits per heavy atom. The number of aromatic nitrogens is 1. The molecule has 1 aliphatic rings. The van der Waals surface area contributed by atoms with E-state index >= 15 is 0 Å². The Kier molecular flexibility index (Phi) is 4.22. The molecule has 21 heavy (non-hydrogen) atoms. The van der Waals surface area contributed by atoms with Crippen LogP contribution in [0.4, 0.5) is 11.4 Å². The van der Waals surface area contributed by atoms with E-state index < -0.39 is 0 Å². The number of ether oxygens (including phenoxy) is 1. The van der Waals surface area contributed by atoms with Crippen LogP contribution in [0.25, 0.3) is 10.9 Å². The first-order valence-corrected chi connectivity index (χ1v) is 7.39. The summed E-state index contributed by atoms with van der Waals surface area (Å²) in [6.45, 7) is 2.44. The predicted octanol–water partition coefficient (Wildman–Crippen LogP) is 1.79. The second kappa shape index (κ2) is 6.28. The minimum atomic E-state index is 0.0939. The molecule has 1 aliphatic heterocycles. The first kappa shape index (κ1) is 14.1. The average Bonchev–Trinajstić information content (AvgIpc) is 2.52. The van der Waals surface area contributed by atoms with E-state index in [1.165, 1.54) is 5.69 Å². The van der Waals surface area contributed by atoms with Crippen molar-refractivity contribution in [1.29, 1.82) is 0 Å². The van der Waals surface area contributed by atoms with Crippen LogP contribution in [0.1, 0.15) is 12.8 Å². The van der Waals surface area contributed by atoms with Crippen LogP contribution in [0.15, 0.2) is 30.5 Å². The molecule has 0 saturated carbocycles. The zero-order valence-electron chi connectivity index (χ0n) is 12.0. The largest absolute Gasteiger partial charge is 0.399 e. The second-order valence-electron chi connectivity index (χ2n) is 5.39. The molecule has 2 heterocycles. The van der Waals surface area contributed by atoms with Gasteiger partial charge in [0.25, 0.3) is 0 Å². The highest BCUT2D eigenvalue weighted by atomic mass is 16.5. The Balaban J connectivity index is 1.76. The lowest BCUT2D eigenvalue weighted by Crippen LogP contribution is -2.37. The molecule has 1 aromatic carbocycles. The molecular formula is C16H21N3O2. The molecule has 1 fully saturated rings. The van der Waals surface area contributed by atoms with Gasteiger partial charge in [0.1, 0.15) is 0 Å². The molecular weight excluding hydrogens is 266 g/mol. The van der Waals surface area contributed by atoms with Gasteiger partial charge in [-0.25, -0.2) is 0 Å². The van der Waals surface area contributed by atoms with Crippen molar-refractivity contribution in [2.75, 3.05) is 36.9 Å². The summed E-state index contributed by atoms with van der Waals surface area (Å²) >= 11 is 0. The van der Waals surface area contributed by atoms with Gasteiger partial charge in [-0.1, -0.05) is 0 Å². The van der Waals surface area contributed by atoms with Crippen molar-refractivity contribution in [3.63, 3.8) is 0 Å². The summed E-state index contributed by atoms with van der Waals surface area (Å²) in [5.41, 5.74) is 8.71. The molecule has 112 valence electrons. The summed E-state index contributed by atoms with van der Waals surface area (Å²) in [6, 6.07) is 7.94. The fraction of sp³-hybridized carbons (Fsp3) is 0.438. The molecule has 0 unspecified atom stereocenters. The first-order chi connectivity index (χ1) is 10.3. The third kappa shape index (κ3) is 3.09.